The van der Waals surface area contributed by atoms with Crippen molar-refractivity contribution in [3.05, 3.63) is 35.9 Å². The molecule has 2 aliphatic rings. The lowest BCUT2D eigenvalue weighted by molar-refractivity contribution is -0.156. The lowest BCUT2D eigenvalue weighted by Crippen LogP contribution is -2.31. The number of esters is 1. The first-order valence-electron chi connectivity index (χ1n) is 8.51. The van der Waals surface area contributed by atoms with Crippen molar-refractivity contribution in [2.75, 3.05) is 6.61 Å². The van der Waals surface area contributed by atoms with Crippen molar-refractivity contribution in [2.24, 2.45) is 0 Å². The van der Waals surface area contributed by atoms with Crippen molar-refractivity contribution in [3.63, 3.8) is 0 Å². The number of carbonyl (C=O) groups excluding carboxylic acids is 1. The molecule has 24 heavy (non-hydrogen) atoms. The van der Waals surface area contributed by atoms with E-state index in [1.165, 1.54) is 5.56 Å². The Kier molecular flexibility index (Phi) is 4.45. The summed E-state index contributed by atoms with van der Waals surface area (Å²) in [7, 11) is 0. The van der Waals surface area contributed by atoms with Gasteiger partial charge in [-0.2, -0.15) is 0 Å². The molecule has 0 aliphatic carbocycles. The molecule has 2 aliphatic heterocycles. The summed E-state index contributed by atoms with van der Waals surface area (Å²) in [5, 5.41) is 0. The highest BCUT2D eigenvalue weighted by atomic mass is 16.7. The summed E-state index contributed by atoms with van der Waals surface area (Å²) in [5.41, 5.74) is 0.682. The Bertz CT molecular complexity index is 593. The molecule has 2 fully saturated rings. The molecule has 1 aromatic rings. The minimum atomic E-state index is -0.593. The van der Waals surface area contributed by atoms with Gasteiger partial charge in [-0.1, -0.05) is 30.3 Å². The number of hydrogen-bond donors (Lipinski definition) is 0. The van der Waals surface area contributed by atoms with Crippen LogP contribution in [0.4, 0.5) is 0 Å². The van der Waals surface area contributed by atoms with Crippen LogP contribution in [0.1, 0.15) is 40.2 Å². The van der Waals surface area contributed by atoms with E-state index in [1.54, 1.807) is 0 Å². The molecule has 5 nitrogen and oxygen atoms in total. The fraction of sp³-hybridized carbons (Fsp3) is 0.632. The van der Waals surface area contributed by atoms with Gasteiger partial charge in [-0.05, 0) is 40.2 Å². The molecule has 0 spiro atoms. The Morgan fingerprint density at radius 1 is 1.29 bits per heavy atom. The number of benzene rings is 1. The van der Waals surface area contributed by atoms with Crippen LogP contribution in [0.15, 0.2) is 30.3 Å². The van der Waals surface area contributed by atoms with Crippen molar-refractivity contribution >= 4 is 5.97 Å². The van der Waals surface area contributed by atoms with Crippen LogP contribution in [-0.4, -0.2) is 47.1 Å². The Balaban J connectivity index is 1.72. The monoisotopic (exact) mass is 333 g/mol. The quantitative estimate of drug-likeness (QED) is 0.626. The van der Waals surface area contributed by atoms with Crippen LogP contribution in [0, 0.1) is 0 Å². The SMILES string of the molecule is CC(C)(C)OC(=O)[C@@H]1[C@H]([C@H]2COC(C)(C)O2)N1Cc1ccccc1. The second-order valence-electron chi connectivity index (χ2n) is 7.99. The van der Waals surface area contributed by atoms with E-state index >= 15 is 0 Å². The zero-order chi connectivity index (χ0) is 17.5. The molecule has 4 atom stereocenters. The number of hydrogen-bond acceptors (Lipinski definition) is 5. The van der Waals surface area contributed by atoms with E-state index in [9.17, 15) is 4.79 Å². The molecule has 1 unspecified atom stereocenters. The molecule has 0 amide bonds. The minimum absolute atomic E-state index is 0.00170. The van der Waals surface area contributed by atoms with Gasteiger partial charge < -0.3 is 14.2 Å². The first-order valence-corrected chi connectivity index (χ1v) is 8.51. The molecule has 132 valence electrons. The van der Waals surface area contributed by atoms with Gasteiger partial charge in [-0.15, -0.1) is 0 Å². The Hall–Kier alpha value is -1.43. The van der Waals surface area contributed by atoms with E-state index in [0.29, 0.717) is 13.2 Å². The van der Waals surface area contributed by atoms with Gasteiger partial charge >= 0.3 is 5.97 Å². The Labute approximate surface area is 143 Å². The average molecular weight is 333 g/mol. The zero-order valence-corrected chi connectivity index (χ0v) is 15.1. The molecule has 5 heteroatoms. The second-order valence-corrected chi connectivity index (χ2v) is 7.99. The number of carbonyl (C=O) groups is 1. The average Bonchev–Trinajstić information content (AvgIpc) is 3.05. The topological polar surface area (TPSA) is 47.8 Å². The summed E-state index contributed by atoms with van der Waals surface area (Å²) in [4.78, 5) is 14.7. The summed E-state index contributed by atoms with van der Waals surface area (Å²) in [6, 6.07) is 9.87. The van der Waals surface area contributed by atoms with E-state index < -0.39 is 11.4 Å². The van der Waals surface area contributed by atoms with Gasteiger partial charge in [-0.3, -0.25) is 9.69 Å². The maximum Gasteiger partial charge on any atom is 0.325 e. The fourth-order valence-electron chi connectivity index (χ4n) is 3.23. The molecule has 2 saturated heterocycles. The van der Waals surface area contributed by atoms with Crippen LogP contribution in [-0.2, 0) is 25.5 Å². The van der Waals surface area contributed by atoms with Crippen LogP contribution >= 0.6 is 0 Å². The van der Waals surface area contributed by atoms with Gasteiger partial charge in [0.2, 0.25) is 0 Å². The van der Waals surface area contributed by atoms with Gasteiger partial charge in [0, 0.05) is 6.54 Å². The predicted octanol–water partition coefficient (Wildman–Crippen LogP) is 2.73. The normalized spacial score (nSPS) is 31.7. The first-order chi connectivity index (χ1) is 11.2. The van der Waals surface area contributed by atoms with Crippen LogP contribution < -0.4 is 0 Å². The maximum atomic E-state index is 12.6. The van der Waals surface area contributed by atoms with Gasteiger partial charge in [0.1, 0.15) is 17.7 Å². The van der Waals surface area contributed by atoms with Crippen molar-refractivity contribution in [3.8, 4) is 0 Å². The maximum absolute atomic E-state index is 12.6. The molecule has 3 rings (SSSR count). The van der Waals surface area contributed by atoms with Gasteiger partial charge in [-0.25, -0.2) is 0 Å². The van der Waals surface area contributed by atoms with Crippen LogP contribution in [0.2, 0.25) is 0 Å². The summed E-state index contributed by atoms with van der Waals surface area (Å²) < 4.78 is 17.3. The lowest BCUT2D eigenvalue weighted by Gasteiger charge is -2.19. The minimum Gasteiger partial charge on any atom is -0.459 e. The molecular weight excluding hydrogens is 306 g/mol. The third kappa shape index (κ3) is 3.97. The first kappa shape index (κ1) is 17.4. The number of rotatable bonds is 4. The number of nitrogens with zero attached hydrogens (tertiary/aromatic N) is 1. The van der Waals surface area contributed by atoms with Gasteiger partial charge in [0.15, 0.2) is 5.79 Å². The summed E-state index contributed by atoms with van der Waals surface area (Å²) in [6.07, 6.45) is -0.110. The Morgan fingerprint density at radius 2 is 1.96 bits per heavy atom. The van der Waals surface area contributed by atoms with E-state index in [2.05, 4.69) is 17.0 Å². The smallest absolute Gasteiger partial charge is 0.325 e. The van der Waals surface area contributed by atoms with Crippen LogP contribution in [0.25, 0.3) is 0 Å². The molecular formula is C19H27NO4. The van der Waals surface area contributed by atoms with Gasteiger partial charge in [0.25, 0.3) is 0 Å². The highest BCUT2D eigenvalue weighted by molar-refractivity contribution is 5.81. The van der Waals surface area contributed by atoms with Gasteiger partial charge in [0.05, 0.1) is 12.6 Å². The highest BCUT2D eigenvalue weighted by Gasteiger charge is 2.60. The molecule has 0 radical (unpaired) electrons. The molecule has 0 N–H and O–H groups in total. The highest BCUT2D eigenvalue weighted by Crippen LogP contribution is 2.40. The molecule has 0 aromatic heterocycles. The largest absolute Gasteiger partial charge is 0.459 e. The van der Waals surface area contributed by atoms with Crippen molar-refractivity contribution in [1.82, 2.24) is 4.90 Å². The standard InChI is InChI=1S/C19H27NO4/c1-18(2,3)24-17(21)16-15(14-12-22-19(4,5)23-14)20(16)11-13-9-7-6-8-10-13/h6-10,14-16H,11-12H2,1-5H3/t14-,15+,16+,20?/m1/s1. The molecule has 0 bridgehead atoms. The van der Waals surface area contributed by atoms with Crippen molar-refractivity contribution < 1.29 is 19.0 Å². The van der Waals surface area contributed by atoms with Crippen LogP contribution in [0.5, 0.6) is 0 Å². The zero-order valence-electron chi connectivity index (χ0n) is 15.1. The van der Waals surface area contributed by atoms with E-state index in [1.807, 2.05) is 52.8 Å². The molecule has 1 aromatic carbocycles. The van der Waals surface area contributed by atoms with E-state index in [-0.39, 0.29) is 24.2 Å². The van der Waals surface area contributed by atoms with Crippen LogP contribution in [0.3, 0.4) is 0 Å². The molecule has 0 saturated carbocycles. The Morgan fingerprint density at radius 3 is 2.50 bits per heavy atom. The van der Waals surface area contributed by atoms with Crippen molar-refractivity contribution in [2.45, 2.75) is 70.7 Å². The van der Waals surface area contributed by atoms with E-state index in [4.69, 9.17) is 14.2 Å². The van der Waals surface area contributed by atoms with Crippen molar-refractivity contribution in [1.29, 1.82) is 0 Å². The third-order valence-corrected chi connectivity index (χ3v) is 4.24. The molecule has 2 heterocycles. The van der Waals surface area contributed by atoms with E-state index in [0.717, 1.165) is 0 Å². The summed E-state index contributed by atoms with van der Waals surface area (Å²) in [5.74, 6) is -0.777. The third-order valence-electron chi connectivity index (χ3n) is 4.24. The lowest BCUT2D eigenvalue weighted by atomic mass is 10.1. The summed E-state index contributed by atoms with van der Waals surface area (Å²) in [6.45, 7) is 10.7. The summed E-state index contributed by atoms with van der Waals surface area (Å²) >= 11 is 0. The number of ether oxygens (including phenoxy) is 3. The fourth-order valence-corrected chi connectivity index (χ4v) is 3.23. The predicted molar refractivity (Wildman–Crippen MR) is 90.3 cm³/mol. The second kappa shape index (κ2) is 6.14.